The highest BCUT2D eigenvalue weighted by Crippen LogP contribution is 2.30. The Bertz CT molecular complexity index is 828. The van der Waals surface area contributed by atoms with Crippen molar-refractivity contribution >= 4 is 17.2 Å². The summed E-state index contributed by atoms with van der Waals surface area (Å²) >= 11 is 0. The molecule has 0 bridgehead atoms. The lowest BCUT2D eigenvalue weighted by molar-refractivity contribution is -0.118. The highest BCUT2D eigenvalue weighted by atomic mass is 16.3. The molecule has 0 aliphatic carbocycles. The van der Waals surface area contributed by atoms with Gasteiger partial charge in [0.05, 0.1) is 12.6 Å². The summed E-state index contributed by atoms with van der Waals surface area (Å²) in [5.74, 6) is 0.00480. The molecule has 0 aromatic heterocycles. The minimum Gasteiger partial charge on any atom is -0.508 e. The number of phenols is 2. The van der Waals surface area contributed by atoms with Crippen molar-refractivity contribution < 1.29 is 15.0 Å². The molecule has 0 fully saturated rings. The molecular formula is C21H26N2O3. The Labute approximate surface area is 154 Å². The maximum absolute atomic E-state index is 12.4. The molecule has 0 amide bonds. The molecule has 0 aliphatic rings. The van der Waals surface area contributed by atoms with Crippen LogP contribution >= 0.6 is 0 Å². The van der Waals surface area contributed by atoms with Crippen molar-refractivity contribution in [1.82, 2.24) is 0 Å². The number of ketones is 1. The maximum Gasteiger partial charge on any atom is 0.175 e. The third-order valence-electron chi connectivity index (χ3n) is 4.36. The van der Waals surface area contributed by atoms with Crippen molar-refractivity contribution in [3.05, 3.63) is 53.1 Å². The minimum atomic E-state index is -0.367. The van der Waals surface area contributed by atoms with E-state index in [1.165, 1.54) is 6.07 Å². The molecule has 2 rings (SSSR count). The number of aliphatic imine (C=N–C) groups is 1. The van der Waals surface area contributed by atoms with Crippen molar-refractivity contribution in [2.24, 2.45) is 4.99 Å². The Morgan fingerprint density at radius 1 is 1.19 bits per heavy atom. The average molecular weight is 354 g/mol. The van der Waals surface area contributed by atoms with Crippen LogP contribution in [0.5, 0.6) is 11.5 Å². The van der Waals surface area contributed by atoms with E-state index >= 15 is 0 Å². The zero-order chi connectivity index (χ0) is 19.3. The van der Waals surface area contributed by atoms with Crippen LogP contribution in [-0.4, -0.2) is 34.3 Å². The molecule has 0 spiro atoms. The fraction of sp³-hybridized carbons (Fsp3) is 0.333. The smallest absolute Gasteiger partial charge is 0.175 e. The largest absolute Gasteiger partial charge is 0.508 e. The molecule has 3 N–H and O–H groups in total. The standard InChI is InChI=1S/C21H26N2O3/c1-5-18(17-9-10-19(24)14(3)21(17)26)22-12-20(25)15(4)23-16-8-6-7-13(2)11-16/h6-11,15,23-24,26H,5,12H2,1-4H3. The van der Waals surface area contributed by atoms with E-state index in [9.17, 15) is 15.0 Å². The number of phenolic OH excluding ortho intramolecular Hbond substituents is 2. The SMILES string of the molecule is CCC(=NCC(=O)C(C)Nc1cccc(C)c1)c1ccc(O)c(C)c1O. The van der Waals surface area contributed by atoms with Gasteiger partial charge in [-0.15, -0.1) is 0 Å². The molecule has 5 nitrogen and oxygen atoms in total. The molecule has 138 valence electrons. The van der Waals surface area contributed by atoms with Gasteiger partial charge in [-0.2, -0.15) is 0 Å². The molecule has 26 heavy (non-hydrogen) atoms. The Hall–Kier alpha value is -2.82. The number of anilines is 1. The molecule has 0 radical (unpaired) electrons. The summed E-state index contributed by atoms with van der Waals surface area (Å²) in [7, 11) is 0. The second-order valence-electron chi connectivity index (χ2n) is 6.42. The summed E-state index contributed by atoms with van der Waals surface area (Å²) in [5.41, 5.74) is 3.62. The molecule has 0 saturated carbocycles. The Morgan fingerprint density at radius 3 is 2.58 bits per heavy atom. The summed E-state index contributed by atoms with van der Waals surface area (Å²) in [6.45, 7) is 7.40. The monoisotopic (exact) mass is 354 g/mol. The van der Waals surface area contributed by atoms with Crippen LogP contribution in [0.2, 0.25) is 0 Å². The van der Waals surface area contributed by atoms with Gasteiger partial charge in [0.1, 0.15) is 11.5 Å². The van der Waals surface area contributed by atoms with Gasteiger partial charge in [-0.05, 0) is 57.0 Å². The van der Waals surface area contributed by atoms with E-state index in [4.69, 9.17) is 0 Å². The van der Waals surface area contributed by atoms with Gasteiger partial charge in [-0.1, -0.05) is 19.1 Å². The van der Waals surface area contributed by atoms with Crippen molar-refractivity contribution in [3.8, 4) is 11.5 Å². The van der Waals surface area contributed by atoms with Crippen LogP contribution in [0.25, 0.3) is 0 Å². The molecule has 0 aliphatic heterocycles. The first-order chi connectivity index (χ1) is 12.3. The van der Waals surface area contributed by atoms with Crippen molar-refractivity contribution in [3.63, 3.8) is 0 Å². The topological polar surface area (TPSA) is 81.9 Å². The van der Waals surface area contributed by atoms with Crippen molar-refractivity contribution in [1.29, 1.82) is 0 Å². The molecule has 1 atom stereocenters. The zero-order valence-corrected chi connectivity index (χ0v) is 15.7. The van der Waals surface area contributed by atoms with E-state index in [1.54, 1.807) is 13.0 Å². The number of hydrogen-bond donors (Lipinski definition) is 3. The van der Waals surface area contributed by atoms with Crippen LogP contribution in [0.1, 0.15) is 37.0 Å². The summed E-state index contributed by atoms with van der Waals surface area (Å²) in [6.07, 6.45) is 0.574. The van der Waals surface area contributed by atoms with Crippen LogP contribution in [0, 0.1) is 13.8 Å². The van der Waals surface area contributed by atoms with E-state index in [0.29, 0.717) is 23.3 Å². The average Bonchev–Trinajstić information content (AvgIpc) is 2.61. The maximum atomic E-state index is 12.4. The van der Waals surface area contributed by atoms with Gasteiger partial charge in [-0.3, -0.25) is 9.79 Å². The van der Waals surface area contributed by atoms with Crippen LogP contribution in [-0.2, 0) is 4.79 Å². The number of carbonyl (C=O) groups excluding carboxylic acids is 1. The van der Waals surface area contributed by atoms with Crippen LogP contribution in [0.15, 0.2) is 41.4 Å². The van der Waals surface area contributed by atoms with Gasteiger partial charge in [0.15, 0.2) is 5.78 Å². The quantitative estimate of drug-likeness (QED) is 0.657. The number of aryl methyl sites for hydroxylation is 1. The number of nitrogens with zero attached hydrogens (tertiary/aromatic N) is 1. The van der Waals surface area contributed by atoms with Gasteiger partial charge < -0.3 is 15.5 Å². The van der Waals surface area contributed by atoms with E-state index in [-0.39, 0.29) is 29.9 Å². The van der Waals surface area contributed by atoms with E-state index < -0.39 is 0 Å². The first-order valence-electron chi connectivity index (χ1n) is 8.74. The van der Waals surface area contributed by atoms with E-state index in [0.717, 1.165) is 11.3 Å². The van der Waals surface area contributed by atoms with Crippen molar-refractivity contribution in [2.45, 2.75) is 40.2 Å². The van der Waals surface area contributed by atoms with Crippen LogP contribution < -0.4 is 5.32 Å². The lowest BCUT2D eigenvalue weighted by atomic mass is 10.0. The molecule has 5 heteroatoms. The zero-order valence-electron chi connectivity index (χ0n) is 15.7. The second kappa shape index (κ2) is 8.52. The number of carbonyl (C=O) groups is 1. The molecule has 2 aromatic rings. The first-order valence-corrected chi connectivity index (χ1v) is 8.74. The third kappa shape index (κ3) is 4.63. The molecule has 2 aromatic carbocycles. The Morgan fingerprint density at radius 2 is 1.92 bits per heavy atom. The van der Waals surface area contributed by atoms with Crippen LogP contribution in [0.3, 0.4) is 0 Å². The lowest BCUT2D eigenvalue weighted by Gasteiger charge is -2.14. The molecule has 0 saturated heterocycles. The van der Waals surface area contributed by atoms with Gasteiger partial charge in [0.25, 0.3) is 0 Å². The number of nitrogens with one attached hydrogen (secondary N) is 1. The summed E-state index contributed by atoms with van der Waals surface area (Å²) in [6, 6.07) is 10.6. The van der Waals surface area contributed by atoms with Crippen LogP contribution in [0.4, 0.5) is 5.69 Å². The predicted molar refractivity (Wildman–Crippen MR) is 105 cm³/mol. The lowest BCUT2D eigenvalue weighted by Crippen LogP contribution is -2.28. The first kappa shape index (κ1) is 19.5. The minimum absolute atomic E-state index is 0.00369. The molecule has 0 heterocycles. The highest BCUT2D eigenvalue weighted by Gasteiger charge is 2.15. The van der Waals surface area contributed by atoms with Crippen molar-refractivity contribution in [2.75, 3.05) is 11.9 Å². The summed E-state index contributed by atoms with van der Waals surface area (Å²) < 4.78 is 0. The number of aromatic hydroxyl groups is 2. The number of benzene rings is 2. The Kier molecular flexibility index (Phi) is 6.39. The normalized spacial score (nSPS) is 12.7. The molecular weight excluding hydrogens is 328 g/mol. The van der Waals surface area contributed by atoms with Gasteiger partial charge in [-0.25, -0.2) is 0 Å². The van der Waals surface area contributed by atoms with E-state index in [2.05, 4.69) is 10.3 Å². The summed E-state index contributed by atoms with van der Waals surface area (Å²) in [4.78, 5) is 16.8. The van der Waals surface area contributed by atoms with Gasteiger partial charge in [0, 0.05) is 22.5 Å². The van der Waals surface area contributed by atoms with Gasteiger partial charge >= 0.3 is 0 Å². The number of rotatable bonds is 7. The fourth-order valence-corrected chi connectivity index (χ4v) is 2.69. The third-order valence-corrected chi connectivity index (χ3v) is 4.36. The Balaban J connectivity index is 2.10. The summed E-state index contributed by atoms with van der Waals surface area (Å²) in [5, 5.41) is 23.1. The molecule has 1 unspecified atom stereocenters. The van der Waals surface area contributed by atoms with E-state index in [1.807, 2.05) is 45.0 Å². The number of hydrogen-bond acceptors (Lipinski definition) is 5. The highest BCUT2D eigenvalue weighted by molar-refractivity contribution is 6.04. The second-order valence-corrected chi connectivity index (χ2v) is 6.42. The van der Waals surface area contributed by atoms with Gasteiger partial charge in [0.2, 0.25) is 0 Å². The predicted octanol–water partition coefficient (Wildman–Crippen LogP) is 3.98. The fourth-order valence-electron chi connectivity index (χ4n) is 2.69. The number of Topliss-reactive ketones (excluding diaryl/α,β-unsaturated/α-hetero) is 1.